The fraction of sp³-hybridized carbons (Fsp3) is 0.438. The summed E-state index contributed by atoms with van der Waals surface area (Å²) < 4.78 is 5.67. The standard InChI is InChI=1S/C16H20N2OS/c1-12(13-6-3-2-4-7-13)17-10-14-11-20-16(18-14)15-8-5-9-19-15/h2-4,6-7,11-12,15,17H,5,8-10H2,1H3/t12-,15?/m1/s1. The van der Waals surface area contributed by atoms with Crippen LogP contribution in [0.3, 0.4) is 0 Å². The number of nitrogens with zero attached hydrogens (tertiary/aromatic N) is 1. The summed E-state index contributed by atoms with van der Waals surface area (Å²) in [7, 11) is 0. The molecular weight excluding hydrogens is 268 g/mol. The van der Waals surface area contributed by atoms with E-state index in [0.717, 1.165) is 36.7 Å². The number of aromatic nitrogens is 1. The Morgan fingerprint density at radius 3 is 3.00 bits per heavy atom. The molecule has 1 fully saturated rings. The Hall–Kier alpha value is -1.23. The number of hydrogen-bond acceptors (Lipinski definition) is 4. The van der Waals surface area contributed by atoms with Crippen molar-refractivity contribution in [2.75, 3.05) is 6.61 Å². The van der Waals surface area contributed by atoms with Gasteiger partial charge < -0.3 is 10.1 Å². The molecule has 0 spiro atoms. The topological polar surface area (TPSA) is 34.1 Å². The highest BCUT2D eigenvalue weighted by Crippen LogP contribution is 2.30. The van der Waals surface area contributed by atoms with Crippen LogP contribution in [0.4, 0.5) is 0 Å². The van der Waals surface area contributed by atoms with E-state index in [2.05, 4.69) is 46.9 Å². The van der Waals surface area contributed by atoms with E-state index in [1.807, 2.05) is 6.07 Å². The average molecular weight is 288 g/mol. The van der Waals surface area contributed by atoms with Gasteiger partial charge in [0.1, 0.15) is 11.1 Å². The summed E-state index contributed by atoms with van der Waals surface area (Å²) in [6.45, 7) is 3.87. The Morgan fingerprint density at radius 2 is 2.25 bits per heavy atom. The van der Waals surface area contributed by atoms with Gasteiger partial charge in [0.05, 0.1) is 5.69 Å². The lowest BCUT2D eigenvalue weighted by atomic mass is 10.1. The molecule has 4 heteroatoms. The van der Waals surface area contributed by atoms with Gasteiger partial charge in [-0.05, 0) is 25.3 Å². The van der Waals surface area contributed by atoms with Gasteiger partial charge in [0, 0.05) is 24.6 Å². The van der Waals surface area contributed by atoms with Crippen molar-refractivity contribution in [3.8, 4) is 0 Å². The fourth-order valence-corrected chi connectivity index (χ4v) is 3.34. The highest BCUT2D eigenvalue weighted by Gasteiger charge is 2.20. The zero-order valence-corrected chi connectivity index (χ0v) is 12.5. The van der Waals surface area contributed by atoms with Crippen LogP contribution in [-0.4, -0.2) is 11.6 Å². The normalized spacial score (nSPS) is 20.1. The number of hydrogen-bond donors (Lipinski definition) is 1. The first-order chi connectivity index (χ1) is 9.83. The molecule has 1 unspecified atom stereocenters. The minimum absolute atomic E-state index is 0.236. The Bertz CT molecular complexity index is 534. The van der Waals surface area contributed by atoms with E-state index in [4.69, 9.17) is 4.74 Å². The predicted octanol–water partition coefficient (Wildman–Crippen LogP) is 3.85. The second-order valence-corrected chi connectivity index (χ2v) is 6.08. The second kappa shape index (κ2) is 6.48. The van der Waals surface area contributed by atoms with Crippen molar-refractivity contribution in [2.24, 2.45) is 0 Å². The lowest BCUT2D eigenvalue weighted by Crippen LogP contribution is -2.18. The molecule has 3 rings (SSSR count). The fourth-order valence-electron chi connectivity index (χ4n) is 2.44. The molecule has 2 heterocycles. The molecule has 106 valence electrons. The van der Waals surface area contributed by atoms with Crippen molar-refractivity contribution in [1.29, 1.82) is 0 Å². The summed E-state index contributed by atoms with van der Waals surface area (Å²) in [5.41, 5.74) is 2.42. The summed E-state index contributed by atoms with van der Waals surface area (Å²) in [5, 5.41) is 6.79. The van der Waals surface area contributed by atoms with Gasteiger partial charge in [-0.15, -0.1) is 11.3 Å². The van der Waals surface area contributed by atoms with Crippen molar-refractivity contribution in [2.45, 2.75) is 38.5 Å². The summed E-state index contributed by atoms with van der Waals surface area (Å²) in [4.78, 5) is 4.69. The van der Waals surface area contributed by atoms with E-state index in [0.29, 0.717) is 6.04 Å². The van der Waals surface area contributed by atoms with Gasteiger partial charge in [0.2, 0.25) is 0 Å². The van der Waals surface area contributed by atoms with E-state index in [-0.39, 0.29) is 6.10 Å². The summed E-state index contributed by atoms with van der Waals surface area (Å²) >= 11 is 1.72. The molecule has 0 saturated carbocycles. The third-order valence-electron chi connectivity index (χ3n) is 3.66. The van der Waals surface area contributed by atoms with Crippen LogP contribution in [0, 0.1) is 0 Å². The molecule has 1 aliphatic rings. The van der Waals surface area contributed by atoms with Crippen LogP contribution < -0.4 is 5.32 Å². The molecular formula is C16H20N2OS. The molecule has 1 aromatic carbocycles. The van der Waals surface area contributed by atoms with E-state index in [1.165, 1.54) is 5.56 Å². The molecule has 2 aromatic rings. The van der Waals surface area contributed by atoms with Gasteiger partial charge in [-0.1, -0.05) is 30.3 Å². The largest absolute Gasteiger partial charge is 0.371 e. The third-order valence-corrected chi connectivity index (χ3v) is 4.65. The second-order valence-electron chi connectivity index (χ2n) is 5.19. The molecule has 1 aliphatic heterocycles. The van der Waals surface area contributed by atoms with Crippen LogP contribution in [0.25, 0.3) is 0 Å². The zero-order chi connectivity index (χ0) is 13.8. The highest BCUT2D eigenvalue weighted by molar-refractivity contribution is 7.09. The minimum atomic E-state index is 0.236. The lowest BCUT2D eigenvalue weighted by molar-refractivity contribution is 0.111. The number of ether oxygens (including phenoxy) is 1. The van der Waals surface area contributed by atoms with Crippen LogP contribution in [-0.2, 0) is 11.3 Å². The maximum atomic E-state index is 5.67. The smallest absolute Gasteiger partial charge is 0.122 e. The molecule has 1 aromatic heterocycles. The van der Waals surface area contributed by atoms with Crippen molar-refractivity contribution >= 4 is 11.3 Å². The maximum Gasteiger partial charge on any atom is 0.122 e. The van der Waals surface area contributed by atoms with Crippen LogP contribution in [0.5, 0.6) is 0 Å². The summed E-state index contributed by atoms with van der Waals surface area (Å²) in [5.74, 6) is 0. The van der Waals surface area contributed by atoms with E-state index in [9.17, 15) is 0 Å². The molecule has 0 aliphatic carbocycles. The van der Waals surface area contributed by atoms with Gasteiger partial charge in [0.25, 0.3) is 0 Å². The van der Waals surface area contributed by atoms with E-state index in [1.54, 1.807) is 11.3 Å². The predicted molar refractivity (Wildman–Crippen MR) is 81.7 cm³/mol. The van der Waals surface area contributed by atoms with E-state index < -0.39 is 0 Å². The number of nitrogens with one attached hydrogen (secondary N) is 1. The van der Waals surface area contributed by atoms with Crippen LogP contribution >= 0.6 is 11.3 Å². The average Bonchev–Trinajstić information content (AvgIpc) is 3.16. The van der Waals surface area contributed by atoms with E-state index >= 15 is 0 Å². The Labute approximate surface area is 124 Å². The molecule has 0 radical (unpaired) electrons. The van der Waals surface area contributed by atoms with Crippen LogP contribution in [0.1, 0.15) is 48.2 Å². The molecule has 3 nitrogen and oxygen atoms in total. The lowest BCUT2D eigenvalue weighted by Gasteiger charge is -2.13. The number of rotatable bonds is 5. The van der Waals surface area contributed by atoms with Gasteiger partial charge in [-0.3, -0.25) is 0 Å². The molecule has 1 saturated heterocycles. The maximum absolute atomic E-state index is 5.67. The van der Waals surface area contributed by atoms with Crippen molar-refractivity contribution in [3.63, 3.8) is 0 Å². The monoisotopic (exact) mass is 288 g/mol. The van der Waals surface area contributed by atoms with Gasteiger partial charge in [-0.2, -0.15) is 0 Å². The molecule has 0 amide bonds. The SMILES string of the molecule is C[C@@H](NCc1csc(C2CCCO2)n1)c1ccccc1. The van der Waals surface area contributed by atoms with Crippen LogP contribution in [0.2, 0.25) is 0 Å². The summed E-state index contributed by atoms with van der Waals surface area (Å²) in [6, 6.07) is 10.8. The van der Waals surface area contributed by atoms with Crippen molar-refractivity contribution in [3.05, 3.63) is 52.0 Å². The van der Waals surface area contributed by atoms with Gasteiger partial charge in [-0.25, -0.2) is 4.98 Å². The van der Waals surface area contributed by atoms with Gasteiger partial charge in [0.15, 0.2) is 0 Å². The molecule has 0 bridgehead atoms. The van der Waals surface area contributed by atoms with Crippen molar-refractivity contribution in [1.82, 2.24) is 10.3 Å². The quantitative estimate of drug-likeness (QED) is 0.907. The minimum Gasteiger partial charge on any atom is -0.371 e. The highest BCUT2D eigenvalue weighted by atomic mass is 32.1. The molecule has 20 heavy (non-hydrogen) atoms. The van der Waals surface area contributed by atoms with Crippen LogP contribution in [0.15, 0.2) is 35.7 Å². The number of thiazole rings is 1. The molecule has 2 atom stereocenters. The first kappa shape index (κ1) is 13.7. The number of benzene rings is 1. The summed E-state index contributed by atoms with van der Waals surface area (Å²) in [6.07, 6.45) is 2.50. The first-order valence-corrected chi connectivity index (χ1v) is 8.05. The third kappa shape index (κ3) is 3.26. The first-order valence-electron chi connectivity index (χ1n) is 7.17. The Balaban J connectivity index is 1.56. The van der Waals surface area contributed by atoms with Crippen molar-refractivity contribution < 1.29 is 4.74 Å². The molecule has 1 N–H and O–H groups in total. The Morgan fingerprint density at radius 1 is 1.40 bits per heavy atom. The zero-order valence-electron chi connectivity index (χ0n) is 11.7. The Kier molecular flexibility index (Phi) is 4.45. The van der Waals surface area contributed by atoms with Gasteiger partial charge >= 0.3 is 0 Å².